The quantitative estimate of drug-likeness (QED) is 0.705. The molecule has 0 aromatic carbocycles. The Hall–Kier alpha value is -0.870. The maximum atomic E-state index is 5.90. The van der Waals surface area contributed by atoms with Crippen molar-refractivity contribution in [3.8, 4) is 11.4 Å². The summed E-state index contributed by atoms with van der Waals surface area (Å²) in [5.74, 6) is 0.684. The first kappa shape index (κ1) is 7.76. The summed E-state index contributed by atoms with van der Waals surface area (Å²) in [5.41, 5.74) is 0.905. The van der Waals surface area contributed by atoms with Gasteiger partial charge in [0.2, 0.25) is 0 Å². The van der Waals surface area contributed by atoms with E-state index in [0.29, 0.717) is 10.8 Å². The van der Waals surface area contributed by atoms with Gasteiger partial charge in [0.1, 0.15) is 6.33 Å². The lowest BCUT2D eigenvalue weighted by Gasteiger charge is -1.88. The van der Waals surface area contributed by atoms with Gasteiger partial charge in [0.05, 0.1) is 10.6 Å². The minimum Gasteiger partial charge on any atom is -0.255 e. The summed E-state index contributed by atoms with van der Waals surface area (Å²) in [4.78, 5) is 4.09. The third kappa shape index (κ3) is 1.23. The van der Waals surface area contributed by atoms with Gasteiger partial charge < -0.3 is 0 Å². The molecule has 0 N–H and O–H groups in total. The monoisotopic (exact) mass is 199 g/mol. The van der Waals surface area contributed by atoms with Crippen LogP contribution in [0.25, 0.3) is 11.4 Å². The predicted molar refractivity (Wildman–Crippen MR) is 49.3 cm³/mol. The molecule has 2 aromatic heterocycles. The van der Waals surface area contributed by atoms with Gasteiger partial charge in [-0.05, 0) is 0 Å². The van der Waals surface area contributed by atoms with E-state index in [1.165, 1.54) is 0 Å². The van der Waals surface area contributed by atoms with Crippen molar-refractivity contribution in [3.05, 3.63) is 22.1 Å². The van der Waals surface area contributed by atoms with Gasteiger partial charge in [-0.1, -0.05) is 11.6 Å². The predicted octanol–water partition coefficient (Wildman–Crippen LogP) is 2.20. The zero-order valence-electron chi connectivity index (χ0n) is 6.36. The Morgan fingerprint density at radius 3 is 2.83 bits per heavy atom. The van der Waals surface area contributed by atoms with Crippen LogP contribution >= 0.6 is 22.9 Å². The van der Waals surface area contributed by atoms with Gasteiger partial charge in [0.25, 0.3) is 0 Å². The standard InChI is InChI=1S/C7H6ClN3S/c1-11-4-9-7(10-11)5-2-12-3-6(5)8/h2-4H,1H3. The van der Waals surface area contributed by atoms with Crippen molar-refractivity contribution in [2.24, 2.45) is 7.05 Å². The first-order chi connectivity index (χ1) is 5.77. The molecule has 0 aliphatic rings. The molecule has 2 heterocycles. The van der Waals surface area contributed by atoms with E-state index in [4.69, 9.17) is 11.6 Å². The van der Waals surface area contributed by atoms with Gasteiger partial charge in [-0.3, -0.25) is 4.68 Å². The van der Waals surface area contributed by atoms with Crippen LogP contribution in [0.15, 0.2) is 17.1 Å². The molecule has 62 valence electrons. The molecule has 0 amide bonds. The minimum absolute atomic E-state index is 0.684. The molecular weight excluding hydrogens is 194 g/mol. The Bertz CT molecular complexity index is 393. The van der Waals surface area contributed by atoms with Gasteiger partial charge in [-0.25, -0.2) is 4.98 Å². The number of hydrogen-bond donors (Lipinski definition) is 0. The summed E-state index contributed by atoms with van der Waals surface area (Å²) in [7, 11) is 1.83. The van der Waals surface area contributed by atoms with E-state index < -0.39 is 0 Å². The largest absolute Gasteiger partial charge is 0.255 e. The fourth-order valence-corrected chi connectivity index (χ4v) is 1.94. The summed E-state index contributed by atoms with van der Waals surface area (Å²) in [6.07, 6.45) is 1.66. The van der Waals surface area contributed by atoms with E-state index in [9.17, 15) is 0 Å². The highest BCUT2D eigenvalue weighted by molar-refractivity contribution is 7.08. The molecule has 0 spiro atoms. The highest BCUT2D eigenvalue weighted by Crippen LogP contribution is 2.28. The van der Waals surface area contributed by atoms with Crippen LogP contribution in [0.1, 0.15) is 0 Å². The van der Waals surface area contributed by atoms with Gasteiger partial charge in [-0.15, -0.1) is 0 Å². The summed E-state index contributed by atoms with van der Waals surface area (Å²) >= 11 is 7.45. The molecule has 0 aliphatic heterocycles. The second-order valence-corrected chi connectivity index (χ2v) is 3.53. The molecule has 12 heavy (non-hydrogen) atoms. The van der Waals surface area contributed by atoms with Crippen LogP contribution in [0.3, 0.4) is 0 Å². The highest BCUT2D eigenvalue weighted by atomic mass is 35.5. The second-order valence-electron chi connectivity index (χ2n) is 2.38. The third-order valence-corrected chi connectivity index (χ3v) is 2.64. The van der Waals surface area contributed by atoms with Crippen LogP contribution in [0.5, 0.6) is 0 Å². The number of rotatable bonds is 1. The maximum absolute atomic E-state index is 5.90. The molecule has 3 nitrogen and oxygen atoms in total. The number of thiophene rings is 1. The van der Waals surface area contributed by atoms with Crippen LogP contribution in [0, 0.1) is 0 Å². The van der Waals surface area contributed by atoms with Gasteiger partial charge in [0.15, 0.2) is 5.82 Å². The highest BCUT2D eigenvalue weighted by Gasteiger charge is 2.07. The molecule has 0 atom stereocenters. The van der Waals surface area contributed by atoms with Gasteiger partial charge in [0, 0.05) is 17.8 Å². The Morgan fingerprint density at radius 2 is 2.33 bits per heavy atom. The molecule has 2 rings (SSSR count). The van der Waals surface area contributed by atoms with Crippen molar-refractivity contribution in [1.82, 2.24) is 14.8 Å². The number of aromatic nitrogens is 3. The Kier molecular flexibility index (Phi) is 1.86. The van der Waals surface area contributed by atoms with Crippen molar-refractivity contribution in [1.29, 1.82) is 0 Å². The molecule has 0 bridgehead atoms. The molecule has 0 aliphatic carbocycles. The summed E-state index contributed by atoms with van der Waals surface area (Å²) < 4.78 is 1.66. The molecule has 2 aromatic rings. The van der Waals surface area contributed by atoms with Gasteiger partial charge in [-0.2, -0.15) is 16.4 Å². The average molecular weight is 200 g/mol. The van der Waals surface area contributed by atoms with E-state index in [1.54, 1.807) is 22.3 Å². The van der Waals surface area contributed by atoms with Crippen molar-refractivity contribution < 1.29 is 0 Å². The van der Waals surface area contributed by atoms with Crippen LogP contribution in [-0.2, 0) is 7.05 Å². The fraction of sp³-hybridized carbons (Fsp3) is 0.143. The first-order valence-electron chi connectivity index (χ1n) is 3.35. The smallest absolute Gasteiger partial charge is 0.183 e. The van der Waals surface area contributed by atoms with E-state index in [0.717, 1.165) is 5.56 Å². The molecule has 0 saturated carbocycles. The van der Waals surface area contributed by atoms with Crippen LogP contribution in [-0.4, -0.2) is 14.8 Å². The lowest BCUT2D eigenvalue weighted by molar-refractivity contribution is 0.768. The van der Waals surface area contributed by atoms with Crippen molar-refractivity contribution >= 4 is 22.9 Å². The Labute approximate surface area is 78.6 Å². The first-order valence-corrected chi connectivity index (χ1v) is 4.67. The third-order valence-electron chi connectivity index (χ3n) is 1.46. The normalized spacial score (nSPS) is 10.5. The van der Waals surface area contributed by atoms with Crippen molar-refractivity contribution in [3.63, 3.8) is 0 Å². The Morgan fingerprint density at radius 1 is 1.50 bits per heavy atom. The minimum atomic E-state index is 0.684. The van der Waals surface area contributed by atoms with Crippen LogP contribution < -0.4 is 0 Å². The summed E-state index contributed by atoms with van der Waals surface area (Å²) in [6.45, 7) is 0. The molecule has 0 saturated heterocycles. The summed E-state index contributed by atoms with van der Waals surface area (Å²) in [6, 6.07) is 0. The molecule has 0 unspecified atom stereocenters. The molecule has 5 heteroatoms. The maximum Gasteiger partial charge on any atom is 0.183 e. The number of aryl methyl sites for hydroxylation is 1. The SMILES string of the molecule is Cn1cnc(-c2cscc2Cl)n1. The van der Waals surface area contributed by atoms with E-state index in [1.807, 2.05) is 17.8 Å². The fourth-order valence-electron chi connectivity index (χ4n) is 0.904. The number of halogens is 1. The lowest BCUT2D eigenvalue weighted by atomic mass is 10.3. The molecule has 0 radical (unpaired) electrons. The number of nitrogens with zero attached hydrogens (tertiary/aromatic N) is 3. The topological polar surface area (TPSA) is 30.7 Å². The zero-order valence-corrected chi connectivity index (χ0v) is 7.93. The van der Waals surface area contributed by atoms with Crippen molar-refractivity contribution in [2.75, 3.05) is 0 Å². The summed E-state index contributed by atoms with van der Waals surface area (Å²) in [5, 5.41) is 8.67. The number of hydrogen-bond acceptors (Lipinski definition) is 3. The molecule has 0 fully saturated rings. The second kappa shape index (κ2) is 2.88. The van der Waals surface area contributed by atoms with E-state index in [2.05, 4.69) is 10.1 Å². The zero-order chi connectivity index (χ0) is 8.55. The van der Waals surface area contributed by atoms with Crippen LogP contribution in [0.4, 0.5) is 0 Å². The lowest BCUT2D eigenvalue weighted by Crippen LogP contribution is -1.87. The molecular formula is C7H6ClN3S. The van der Waals surface area contributed by atoms with Gasteiger partial charge >= 0.3 is 0 Å². The van der Waals surface area contributed by atoms with E-state index in [-0.39, 0.29) is 0 Å². The van der Waals surface area contributed by atoms with E-state index >= 15 is 0 Å². The van der Waals surface area contributed by atoms with Crippen molar-refractivity contribution in [2.45, 2.75) is 0 Å². The average Bonchev–Trinajstić information content (AvgIpc) is 2.58. The Balaban J connectivity index is 2.50. The van der Waals surface area contributed by atoms with Crippen LogP contribution in [0.2, 0.25) is 5.02 Å².